The van der Waals surface area contributed by atoms with E-state index < -0.39 is 0 Å². The van der Waals surface area contributed by atoms with Gasteiger partial charge in [0.25, 0.3) is 0 Å². The molecule has 13 heavy (non-hydrogen) atoms. The topological polar surface area (TPSA) is 0 Å². The summed E-state index contributed by atoms with van der Waals surface area (Å²) in [6, 6.07) is 4.63. The maximum absolute atomic E-state index is 2.34. The number of benzene rings is 1. The van der Waals surface area contributed by atoms with Gasteiger partial charge in [0.15, 0.2) is 0 Å². The van der Waals surface area contributed by atoms with E-state index in [1.54, 1.807) is 16.7 Å². The second-order valence-corrected chi connectivity index (χ2v) is 4.08. The molecule has 0 saturated carbocycles. The standard InChI is InChI=1S/C13H14/c1-2-6-12-10(4-1)8-9-11-5-3-7-13(11)12/h3,5,8-9H,1-2,4,6-7H2. The van der Waals surface area contributed by atoms with E-state index in [4.69, 9.17) is 0 Å². The van der Waals surface area contributed by atoms with E-state index in [-0.39, 0.29) is 0 Å². The molecule has 0 heteroatoms. The molecule has 0 N–H and O–H groups in total. The third-order valence-electron chi connectivity index (χ3n) is 3.31. The molecule has 2 aliphatic carbocycles. The molecule has 0 aromatic heterocycles. The second-order valence-electron chi connectivity index (χ2n) is 4.08. The molecule has 0 nitrogen and oxygen atoms in total. The van der Waals surface area contributed by atoms with E-state index in [2.05, 4.69) is 24.3 Å². The molecule has 0 fully saturated rings. The molecule has 0 unspecified atom stereocenters. The van der Waals surface area contributed by atoms with E-state index >= 15 is 0 Å². The van der Waals surface area contributed by atoms with Gasteiger partial charge in [-0.1, -0.05) is 24.3 Å². The molecule has 3 rings (SSSR count). The van der Waals surface area contributed by atoms with Crippen molar-refractivity contribution in [1.82, 2.24) is 0 Å². The second kappa shape index (κ2) is 2.73. The van der Waals surface area contributed by atoms with Crippen LogP contribution in [0.3, 0.4) is 0 Å². The zero-order chi connectivity index (χ0) is 8.67. The summed E-state index contributed by atoms with van der Waals surface area (Å²) >= 11 is 0. The first-order chi connectivity index (χ1) is 6.45. The Morgan fingerprint density at radius 1 is 0.923 bits per heavy atom. The minimum atomic E-state index is 1.18. The van der Waals surface area contributed by atoms with Crippen LogP contribution in [-0.2, 0) is 19.3 Å². The smallest absolute Gasteiger partial charge is 0.00853 e. The van der Waals surface area contributed by atoms with Crippen LogP contribution in [0.1, 0.15) is 35.1 Å². The maximum atomic E-state index is 2.34. The predicted octanol–water partition coefficient (Wildman–Crippen LogP) is 3.13. The zero-order valence-corrected chi connectivity index (χ0v) is 7.84. The number of fused-ring (bicyclic) bond motifs is 3. The lowest BCUT2D eigenvalue weighted by Gasteiger charge is -2.19. The van der Waals surface area contributed by atoms with Crippen molar-refractivity contribution in [2.75, 3.05) is 0 Å². The minimum Gasteiger partial charge on any atom is -0.0795 e. The average molecular weight is 170 g/mol. The van der Waals surface area contributed by atoms with Crippen LogP contribution >= 0.6 is 0 Å². The fraction of sp³-hybridized carbons (Fsp3) is 0.385. The van der Waals surface area contributed by atoms with Crippen molar-refractivity contribution in [2.24, 2.45) is 0 Å². The lowest BCUT2D eigenvalue weighted by atomic mass is 9.86. The molecule has 0 saturated heterocycles. The lowest BCUT2D eigenvalue weighted by molar-refractivity contribution is 0.680. The molecule has 0 heterocycles. The van der Waals surface area contributed by atoms with E-state index in [1.807, 2.05) is 0 Å². The van der Waals surface area contributed by atoms with Gasteiger partial charge in [0, 0.05) is 0 Å². The molecule has 1 aromatic rings. The van der Waals surface area contributed by atoms with Gasteiger partial charge in [-0.05, 0) is 54.4 Å². The van der Waals surface area contributed by atoms with Crippen molar-refractivity contribution >= 4 is 6.08 Å². The van der Waals surface area contributed by atoms with Gasteiger partial charge in [-0.2, -0.15) is 0 Å². The van der Waals surface area contributed by atoms with Crippen molar-refractivity contribution in [2.45, 2.75) is 32.1 Å². The lowest BCUT2D eigenvalue weighted by Crippen LogP contribution is -2.06. The monoisotopic (exact) mass is 170 g/mol. The molecule has 66 valence electrons. The largest absolute Gasteiger partial charge is 0.0795 e. The van der Waals surface area contributed by atoms with Gasteiger partial charge in [0.05, 0.1) is 0 Å². The van der Waals surface area contributed by atoms with Gasteiger partial charge in [0.2, 0.25) is 0 Å². The summed E-state index contributed by atoms with van der Waals surface area (Å²) in [6.45, 7) is 0. The first-order valence-electron chi connectivity index (χ1n) is 5.25. The highest BCUT2D eigenvalue weighted by atomic mass is 14.2. The van der Waals surface area contributed by atoms with Crippen LogP contribution in [0.2, 0.25) is 0 Å². The first kappa shape index (κ1) is 7.37. The SMILES string of the molecule is C1=Cc2ccc3c(c2C1)CCCC3. The molecule has 0 spiro atoms. The fourth-order valence-corrected chi connectivity index (χ4v) is 2.62. The van der Waals surface area contributed by atoms with Gasteiger partial charge in [0.1, 0.15) is 0 Å². The summed E-state index contributed by atoms with van der Waals surface area (Å²) in [5.74, 6) is 0. The average Bonchev–Trinajstić information content (AvgIpc) is 2.65. The third-order valence-corrected chi connectivity index (χ3v) is 3.31. The zero-order valence-electron chi connectivity index (χ0n) is 7.84. The fourth-order valence-electron chi connectivity index (χ4n) is 2.62. The normalized spacial score (nSPS) is 18.5. The number of allylic oxidation sites excluding steroid dienone is 1. The number of hydrogen-bond donors (Lipinski definition) is 0. The van der Waals surface area contributed by atoms with E-state index in [0.29, 0.717) is 0 Å². The van der Waals surface area contributed by atoms with Crippen LogP contribution < -0.4 is 0 Å². The molecular weight excluding hydrogens is 156 g/mol. The third kappa shape index (κ3) is 1.05. The van der Waals surface area contributed by atoms with Gasteiger partial charge in [-0.15, -0.1) is 0 Å². The van der Waals surface area contributed by atoms with Gasteiger partial charge < -0.3 is 0 Å². The van der Waals surface area contributed by atoms with Gasteiger partial charge in [-0.25, -0.2) is 0 Å². The molecule has 0 bridgehead atoms. The Labute approximate surface area is 79.3 Å². The summed E-state index contributed by atoms with van der Waals surface area (Å²) in [5.41, 5.74) is 6.39. The van der Waals surface area contributed by atoms with Crippen molar-refractivity contribution in [3.63, 3.8) is 0 Å². The van der Waals surface area contributed by atoms with Crippen LogP contribution in [0.4, 0.5) is 0 Å². The van der Waals surface area contributed by atoms with Crippen LogP contribution in [0, 0.1) is 0 Å². The summed E-state index contributed by atoms with van der Waals surface area (Å²) in [4.78, 5) is 0. The van der Waals surface area contributed by atoms with Crippen LogP contribution in [0.5, 0.6) is 0 Å². The van der Waals surface area contributed by atoms with Crippen molar-refractivity contribution in [3.05, 3.63) is 40.5 Å². The Balaban J connectivity index is 2.19. The highest BCUT2D eigenvalue weighted by Gasteiger charge is 2.16. The molecule has 1 aromatic carbocycles. The Kier molecular flexibility index (Phi) is 1.55. The first-order valence-corrected chi connectivity index (χ1v) is 5.25. The molecule has 2 aliphatic rings. The van der Waals surface area contributed by atoms with Crippen molar-refractivity contribution in [1.29, 1.82) is 0 Å². The van der Waals surface area contributed by atoms with Crippen LogP contribution in [-0.4, -0.2) is 0 Å². The molecule has 0 radical (unpaired) electrons. The minimum absolute atomic E-state index is 1.18. The Hall–Kier alpha value is -1.04. The molecular formula is C13H14. The van der Waals surface area contributed by atoms with E-state index in [0.717, 1.165) is 0 Å². The quantitative estimate of drug-likeness (QED) is 0.561. The predicted molar refractivity (Wildman–Crippen MR) is 55.8 cm³/mol. The van der Waals surface area contributed by atoms with Crippen LogP contribution in [0.25, 0.3) is 6.08 Å². The van der Waals surface area contributed by atoms with Gasteiger partial charge in [-0.3, -0.25) is 0 Å². The number of rotatable bonds is 0. The Morgan fingerprint density at radius 3 is 2.85 bits per heavy atom. The highest BCUT2D eigenvalue weighted by molar-refractivity contribution is 5.63. The summed E-state index contributed by atoms with van der Waals surface area (Å²) < 4.78 is 0. The number of hydrogen-bond acceptors (Lipinski definition) is 0. The summed E-state index contributed by atoms with van der Waals surface area (Å²) in [5, 5.41) is 0. The van der Waals surface area contributed by atoms with E-state index in [1.165, 1.54) is 37.7 Å². The molecule has 0 aliphatic heterocycles. The van der Waals surface area contributed by atoms with Gasteiger partial charge >= 0.3 is 0 Å². The highest BCUT2D eigenvalue weighted by Crippen LogP contribution is 2.30. The maximum Gasteiger partial charge on any atom is -0.00853 e. The Morgan fingerprint density at radius 2 is 1.85 bits per heavy atom. The van der Waals surface area contributed by atoms with Crippen molar-refractivity contribution in [3.8, 4) is 0 Å². The van der Waals surface area contributed by atoms with E-state index in [9.17, 15) is 0 Å². The van der Waals surface area contributed by atoms with Crippen molar-refractivity contribution < 1.29 is 0 Å². The summed E-state index contributed by atoms with van der Waals surface area (Å²) in [7, 11) is 0. The Bertz CT molecular complexity index is 372. The van der Waals surface area contributed by atoms with Crippen LogP contribution in [0.15, 0.2) is 18.2 Å². The summed E-state index contributed by atoms with van der Waals surface area (Å²) in [6.07, 6.45) is 11.1. The molecule has 0 atom stereocenters. The number of aryl methyl sites for hydroxylation is 1. The molecule has 0 amide bonds.